The van der Waals surface area contributed by atoms with E-state index >= 15 is 0 Å². The largest absolute Gasteiger partial charge is 0.464 e. The number of nitrogens with one attached hydrogen (secondary N) is 1. The van der Waals surface area contributed by atoms with Crippen molar-refractivity contribution in [2.45, 2.75) is 12.6 Å². The molecule has 3 aromatic heterocycles. The molecule has 1 fully saturated rings. The molecule has 176 valence electrons. The first kappa shape index (κ1) is 22.0. The van der Waals surface area contributed by atoms with Gasteiger partial charge in [0.25, 0.3) is 5.56 Å². The third kappa shape index (κ3) is 4.46. The summed E-state index contributed by atoms with van der Waals surface area (Å²) in [6.45, 7) is 4.36. The van der Waals surface area contributed by atoms with Crippen molar-refractivity contribution in [2.24, 2.45) is 0 Å². The number of piperazine rings is 1. The number of thiophene rings is 1. The second-order valence-corrected chi connectivity index (χ2v) is 9.71. The molecule has 1 aliphatic rings. The number of H-pyrrole nitrogens is 1. The van der Waals surface area contributed by atoms with E-state index in [2.05, 4.69) is 75.4 Å². The first-order valence-corrected chi connectivity index (χ1v) is 12.7. The van der Waals surface area contributed by atoms with Gasteiger partial charge in [-0.25, -0.2) is 4.98 Å². The van der Waals surface area contributed by atoms with Crippen molar-refractivity contribution in [3.8, 4) is 11.3 Å². The molecule has 0 atom stereocenters. The Labute approximate surface area is 207 Å². The number of fused-ring (bicyclic) bond motifs is 1. The van der Waals surface area contributed by atoms with Crippen LogP contribution in [-0.2, 0) is 6.54 Å². The van der Waals surface area contributed by atoms with Crippen molar-refractivity contribution in [3.05, 3.63) is 112 Å². The highest BCUT2D eigenvalue weighted by atomic mass is 32.1. The van der Waals surface area contributed by atoms with Crippen molar-refractivity contribution in [2.75, 3.05) is 26.2 Å². The molecule has 0 aliphatic carbocycles. The molecule has 35 heavy (non-hydrogen) atoms. The first-order valence-electron chi connectivity index (χ1n) is 11.9. The van der Waals surface area contributed by atoms with Crippen LogP contribution >= 0.6 is 11.3 Å². The lowest BCUT2D eigenvalue weighted by Crippen LogP contribution is -2.47. The molecule has 0 amide bonds. The number of hydrogen-bond acceptors (Lipinski definition) is 6. The van der Waals surface area contributed by atoms with Gasteiger partial charge in [-0.05, 0) is 23.3 Å². The average molecular weight is 483 g/mol. The predicted molar refractivity (Wildman–Crippen MR) is 140 cm³/mol. The van der Waals surface area contributed by atoms with E-state index in [1.807, 2.05) is 17.5 Å². The smallest absolute Gasteiger partial charge is 0.260 e. The highest BCUT2D eigenvalue weighted by Crippen LogP contribution is 2.32. The van der Waals surface area contributed by atoms with Gasteiger partial charge in [0, 0.05) is 37.1 Å². The maximum absolute atomic E-state index is 12.9. The van der Waals surface area contributed by atoms with E-state index < -0.39 is 0 Å². The summed E-state index contributed by atoms with van der Waals surface area (Å²) in [5.41, 5.74) is 3.32. The van der Waals surface area contributed by atoms with Gasteiger partial charge in [-0.3, -0.25) is 14.6 Å². The highest BCUT2D eigenvalue weighted by Gasteiger charge is 2.27. The van der Waals surface area contributed by atoms with E-state index in [4.69, 9.17) is 9.40 Å². The van der Waals surface area contributed by atoms with Crippen LogP contribution in [0.15, 0.2) is 93.7 Å². The minimum Gasteiger partial charge on any atom is -0.464 e. The summed E-state index contributed by atoms with van der Waals surface area (Å²) in [7, 11) is 0. The molecular formula is C28H26N4O2S. The number of rotatable bonds is 6. The summed E-state index contributed by atoms with van der Waals surface area (Å²) in [6.07, 6.45) is 1.62. The molecule has 7 heteroatoms. The second kappa shape index (κ2) is 9.62. The first-order chi connectivity index (χ1) is 17.3. The average Bonchev–Trinajstić information content (AvgIpc) is 3.57. The number of furan rings is 1. The van der Waals surface area contributed by atoms with Crippen molar-refractivity contribution in [1.82, 2.24) is 19.8 Å². The fourth-order valence-corrected chi connectivity index (χ4v) is 5.90. The third-order valence-corrected chi connectivity index (χ3v) is 7.53. The molecule has 6 nitrogen and oxygen atoms in total. The highest BCUT2D eigenvalue weighted by molar-refractivity contribution is 7.17. The molecule has 1 aliphatic heterocycles. The summed E-state index contributed by atoms with van der Waals surface area (Å²) < 4.78 is 5.50. The van der Waals surface area contributed by atoms with Crippen LogP contribution in [0, 0.1) is 0 Å². The van der Waals surface area contributed by atoms with Gasteiger partial charge >= 0.3 is 0 Å². The van der Waals surface area contributed by atoms with Gasteiger partial charge in [-0.2, -0.15) is 0 Å². The molecule has 4 heterocycles. The van der Waals surface area contributed by atoms with E-state index in [0.717, 1.165) is 36.6 Å². The van der Waals surface area contributed by atoms with E-state index in [0.29, 0.717) is 23.5 Å². The molecule has 0 bridgehead atoms. The van der Waals surface area contributed by atoms with Crippen LogP contribution in [0.25, 0.3) is 21.5 Å². The SMILES string of the molecule is O=c1[nH]c(CN2CCN(C(c3ccccc3)c3ccccc3)CC2)nc2scc(-c3ccco3)c12. The van der Waals surface area contributed by atoms with Gasteiger partial charge in [0.1, 0.15) is 16.4 Å². The van der Waals surface area contributed by atoms with Gasteiger partial charge in [0.05, 0.1) is 24.2 Å². The van der Waals surface area contributed by atoms with Crippen LogP contribution < -0.4 is 5.56 Å². The zero-order chi connectivity index (χ0) is 23.6. The maximum Gasteiger partial charge on any atom is 0.260 e. The number of aromatic nitrogens is 2. The minimum atomic E-state index is -0.107. The topological polar surface area (TPSA) is 65.4 Å². The molecule has 1 saturated heterocycles. The second-order valence-electron chi connectivity index (χ2n) is 8.86. The predicted octanol–water partition coefficient (Wildman–Crippen LogP) is 5.15. The normalized spacial score (nSPS) is 15.2. The lowest BCUT2D eigenvalue weighted by molar-refractivity contribution is 0.103. The number of hydrogen-bond donors (Lipinski definition) is 1. The van der Waals surface area contributed by atoms with Gasteiger partial charge in [0.2, 0.25) is 0 Å². The molecule has 0 radical (unpaired) electrons. The van der Waals surface area contributed by atoms with E-state index in [9.17, 15) is 4.79 Å². The zero-order valence-electron chi connectivity index (χ0n) is 19.3. The molecule has 5 aromatic rings. The monoisotopic (exact) mass is 482 g/mol. The van der Waals surface area contributed by atoms with Crippen LogP contribution in [0.2, 0.25) is 0 Å². The Bertz CT molecular complexity index is 1410. The Hall–Kier alpha value is -3.52. The summed E-state index contributed by atoms with van der Waals surface area (Å²) in [5, 5.41) is 2.55. The Morgan fingerprint density at radius 1 is 0.914 bits per heavy atom. The molecule has 6 rings (SSSR count). The Balaban J connectivity index is 1.18. The molecule has 0 unspecified atom stereocenters. The molecule has 0 spiro atoms. The van der Waals surface area contributed by atoms with Crippen LogP contribution in [0.3, 0.4) is 0 Å². The van der Waals surface area contributed by atoms with E-state index in [1.54, 1.807) is 6.26 Å². The zero-order valence-corrected chi connectivity index (χ0v) is 20.1. The summed E-state index contributed by atoms with van der Waals surface area (Å²) in [6, 6.07) is 25.4. The fourth-order valence-electron chi connectivity index (χ4n) is 4.96. The third-order valence-electron chi connectivity index (χ3n) is 6.66. The summed E-state index contributed by atoms with van der Waals surface area (Å²) >= 11 is 1.48. The molecule has 1 N–H and O–H groups in total. The molecule has 2 aromatic carbocycles. The van der Waals surface area contributed by atoms with Crippen LogP contribution in [0.1, 0.15) is 23.0 Å². The number of aromatic amines is 1. The maximum atomic E-state index is 12.9. The van der Waals surface area contributed by atoms with Crippen molar-refractivity contribution >= 4 is 21.6 Å². The lowest BCUT2D eigenvalue weighted by Gasteiger charge is -2.39. The fraction of sp³-hybridized carbons (Fsp3) is 0.214. The van der Waals surface area contributed by atoms with E-state index in [1.165, 1.54) is 22.5 Å². The van der Waals surface area contributed by atoms with Crippen LogP contribution in [0.4, 0.5) is 0 Å². The summed E-state index contributed by atoms with van der Waals surface area (Å²) in [5.74, 6) is 1.41. The summed E-state index contributed by atoms with van der Waals surface area (Å²) in [4.78, 5) is 26.4. The van der Waals surface area contributed by atoms with Crippen molar-refractivity contribution in [3.63, 3.8) is 0 Å². The molecule has 0 saturated carbocycles. The van der Waals surface area contributed by atoms with E-state index in [-0.39, 0.29) is 11.6 Å². The lowest BCUT2D eigenvalue weighted by atomic mass is 9.96. The Morgan fingerprint density at radius 2 is 1.60 bits per heavy atom. The van der Waals surface area contributed by atoms with Crippen LogP contribution in [-0.4, -0.2) is 45.9 Å². The Kier molecular flexibility index (Phi) is 6.04. The number of nitrogens with zero attached hydrogens (tertiary/aromatic N) is 3. The van der Waals surface area contributed by atoms with Gasteiger partial charge in [-0.1, -0.05) is 60.7 Å². The minimum absolute atomic E-state index is 0.107. The van der Waals surface area contributed by atoms with Gasteiger partial charge in [0.15, 0.2) is 0 Å². The van der Waals surface area contributed by atoms with Gasteiger partial charge in [-0.15, -0.1) is 11.3 Å². The van der Waals surface area contributed by atoms with Crippen LogP contribution in [0.5, 0.6) is 0 Å². The molecular weight excluding hydrogens is 456 g/mol. The quantitative estimate of drug-likeness (QED) is 0.363. The van der Waals surface area contributed by atoms with Crippen molar-refractivity contribution < 1.29 is 4.42 Å². The standard InChI is InChI=1S/C28H26N4O2S/c33-27-25-22(23-12-7-17-34-23)19-35-28(25)30-24(29-27)18-31-13-15-32(16-14-31)26(20-8-3-1-4-9-20)21-10-5-2-6-11-21/h1-12,17,19,26H,13-16,18H2,(H,29,30,33). The van der Waals surface area contributed by atoms with Gasteiger partial charge < -0.3 is 9.40 Å². The number of benzene rings is 2. The Morgan fingerprint density at radius 3 is 2.23 bits per heavy atom. The van der Waals surface area contributed by atoms with Crippen molar-refractivity contribution in [1.29, 1.82) is 0 Å².